The molecular weight excluding hydrogens is 364 g/mol. The van der Waals surface area contributed by atoms with Gasteiger partial charge in [0.05, 0.1) is 18.1 Å². The zero-order valence-electron chi connectivity index (χ0n) is 16.7. The van der Waals surface area contributed by atoms with E-state index >= 15 is 0 Å². The number of rotatable bonds is 3. The van der Waals surface area contributed by atoms with Crippen LogP contribution in [-0.2, 0) is 6.42 Å². The van der Waals surface area contributed by atoms with Crippen molar-refractivity contribution in [1.82, 2.24) is 0 Å². The Balaban J connectivity index is 1.56. The van der Waals surface area contributed by atoms with Gasteiger partial charge in [-0.15, -0.1) is 0 Å². The first-order valence-corrected chi connectivity index (χ1v) is 9.87. The molecule has 0 amide bonds. The molecule has 2 aromatic rings. The lowest BCUT2D eigenvalue weighted by atomic mass is 9.87. The maximum Gasteiger partial charge on any atom is 0.138 e. The highest BCUT2D eigenvalue weighted by molar-refractivity contribution is 5.71. The summed E-state index contributed by atoms with van der Waals surface area (Å²) in [7, 11) is 0. The zero-order chi connectivity index (χ0) is 20.3. The molecule has 0 aromatic heterocycles. The summed E-state index contributed by atoms with van der Waals surface area (Å²) in [6.07, 6.45) is 6.24. The standard InChI is InChI=1S/C25H24O4/c1-5-14(2)10-15-11-18-22(12-20(15)26)27-13-19-16-6-7-21-17(23(16)28-24(18)19)8-9-25(3,4)29-21/h5-9,11-12,19,24,26H,1-2,10,13H2,3-4H3. The lowest BCUT2D eigenvalue weighted by Gasteiger charge is -2.28. The lowest BCUT2D eigenvalue weighted by molar-refractivity contribution is 0.137. The SMILES string of the molecule is C=CC(=C)Cc1cc2c(cc1O)OCC1c3ccc4c(c3OC21)C=CC(C)(C)O4. The van der Waals surface area contributed by atoms with Crippen LogP contribution in [0.2, 0.25) is 0 Å². The van der Waals surface area contributed by atoms with Crippen molar-refractivity contribution in [1.29, 1.82) is 0 Å². The van der Waals surface area contributed by atoms with E-state index in [1.54, 1.807) is 12.1 Å². The molecule has 0 saturated heterocycles. The number of ether oxygens (including phenoxy) is 3. The Kier molecular flexibility index (Phi) is 3.82. The zero-order valence-corrected chi connectivity index (χ0v) is 16.7. The van der Waals surface area contributed by atoms with Gasteiger partial charge in [-0.25, -0.2) is 0 Å². The van der Waals surface area contributed by atoms with Gasteiger partial charge in [-0.3, -0.25) is 0 Å². The topological polar surface area (TPSA) is 47.9 Å². The first-order chi connectivity index (χ1) is 13.9. The van der Waals surface area contributed by atoms with Crippen molar-refractivity contribution < 1.29 is 19.3 Å². The quantitative estimate of drug-likeness (QED) is 0.708. The van der Waals surface area contributed by atoms with Crippen molar-refractivity contribution in [3.8, 4) is 23.0 Å². The Morgan fingerprint density at radius 2 is 2.07 bits per heavy atom. The first-order valence-electron chi connectivity index (χ1n) is 9.87. The minimum absolute atomic E-state index is 0.103. The Bertz CT molecular complexity index is 1080. The van der Waals surface area contributed by atoms with Crippen molar-refractivity contribution >= 4 is 6.08 Å². The second kappa shape index (κ2) is 6.18. The number of benzene rings is 2. The van der Waals surface area contributed by atoms with E-state index in [2.05, 4.69) is 31.4 Å². The third-order valence-electron chi connectivity index (χ3n) is 5.86. The minimum Gasteiger partial charge on any atom is -0.508 e. The minimum atomic E-state index is -0.331. The number of hydrogen-bond donors (Lipinski definition) is 1. The molecule has 2 atom stereocenters. The maximum absolute atomic E-state index is 10.4. The summed E-state index contributed by atoms with van der Waals surface area (Å²) in [4.78, 5) is 0. The number of hydrogen-bond acceptors (Lipinski definition) is 4. The van der Waals surface area contributed by atoms with E-state index in [9.17, 15) is 5.11 Å². The van der Waals surface area contributed by atoms with E-state index in [0.717, 1.165) is 39.3 Å². The van der Waals surface area contributed by atoms with Gasteiger partial charge >= 0.3 is 0 Å². The fraction of sp³-hybridized carbons (Fsp3) is 0.280. The van der Waals surface area contributed by atoms with E-state index in [0.29, 0.717) is 18.8 Å². The number of phenols is 1. The Labute approximate surface area is 170 Å². The van der Waals surface area contributed by atoms with E-state index in [1.165, 1.54) is 0 Å². The van der Waals surface area contributed by atoms with E-state index in [1.807, 2.05) is 26.0 Å². The van der Waals surface area contributed by atoms with Crippen LogP contribution in [0.25, 0.3) is 6.08 Å². The van der Waals surface area contributed by atoms with Crippen molar-refractivity contribution in [3.63, 3.8) is 0 Å². The van der Waals surface area contributed by atoms with E-state index in [-0.39, 0.29) is 23.4 Å². The van der Waals surface area contributed by atoms with Gasteiger partial charge in [0.25, 0.3) is 0 Å². The van der Waals surface area contributed by atoms with Crippen LogP contribution >= 0.6 is 0 Å². The van der Waals surface area contributed by atoms with Crippen LogP contribution in [0.3, 0.4) is 0 Å². The van der Waals surface area contributed by atoms with Gasteiger partial charge in [0.2, 0.25) is 0 Å². The monoisotopic (exact) mass is 388 g/mol. The van der Waals surface area contributed by atoms with Gasteiger partial charge in [0.15, 0.2) is 0 Å². The molecule has 2 aromatic carbocycles. The van der Waals surface area contributed by atoms with Gasteiger partial charge in [-0.05, 0) is 43.7 Å². The summed E-state index contributed by atoms with van der Waals surface area (Å²) in [5.41, 5.74) is 4.39. The maximum atomic E-state index is 10.4. The molecule has 0 spiro atoms. The Morgan fingerprint density at radius 3 is 2.86 bits per heavy atom. The second-order valence-corrected chi connectivity index (χ2v) is 8.45. The highest BCUT2D eigenvalue weighted by Crippen LogP contribution is 2.55. The Morgan fingerprint density at radius 1 is 1.24 bits per heavy atom. The predicted molar refractivity (Wildman–Crippen MR) is 113 cm³/mol. The number of phenolic OH excluding ortho intramolecular Hbond substituents is 1. The second-order valence-electron chi connectivity index (χ2n) is 8.45. The van der Waals surface area contributed by atoms with Crippen molar-refractivity contribution in [2.24, 2.45) is 0 Å². The van der Waals surface area contributed by atoms with Gasteiger partial charge < -0.3 is 19.3 Å². The average molecular weight is 388 g/mol. The molecule has 0 bridgehead atoms. The molecule has 0 fully saturated rings. The van der Waals surface area contributed by atoms with Gasteiger partial charge in [-0.1, -0.05) is 30.9 Å². The third kappa shape index (κ3) is 2.82. The summed E-state index contributed by atoms with van der Waals surface area (Å²) in [6.45, 7) is 12.3. The smallest absolute Gasteiger partial charge is 0.138 e. The van der Waals surface area contributed by atoms with Crippen LogP contribution < -0.4 is 14.2 Å². The van der Waals surface area contributed by atoms with Gasteiger partial charge in [0.1, 0.15) is 34.7 Å². The van der Waals surface area contributed by atoms with Crippen LogP contribution in [0.15, 0.2) is 55.1 Å². The summed E-state index contributed by atoms with van der Waals surface area (Å²) in [5.74, 6) is 2.68. The molecule has 0 radical (unpaired) electrons. The number of fused-ring (bicyclic) bond motifs is 7. The Hall–Kier alpha value is -3.14. The van der Waals surface area contributed by atoms with Crippen LogP contribution in [0.5, 0.6) is 23.0 Å². The largest absolute Gasteiger partial charge is 0.508 e. The predicted octanol–water partition coefficient (Wildman–Crippen LogP) is 5.47. The fourth-order valence-corrected chi connectivity index (χ4v) is 4.32. The summed E-state index contributed by atoms with van der Waals surface area (Å²) in [6, 6.07) is 7.77. The van der Waals surface area contributed by atoms with E-state index in [4.69, 9.17) is 14.2 Å². The van der Waals surface area contributed by atoms with Crippen LogP contribution in [0.4, 0.5) is 0 Å². The average Bonchev–Trinajstić information content (AvgIpc) is 3.06. The third-order valence-corrected chi connectivity index (χ3v) is 5.86. The molecular formula is C25H24O4. The van der Waals surface area contributed by atoms with Crippen LogP contribution in [0, 0.1) is 0 Å². The summed E-state index contributed by atoms with van der Waals surface area (Å²) < 4.78 is 18.6. The number of aromatic hydroxyl groups is 1. The number of allylic oxidation sites excluding steroid dienone is 2. The molecule has 3 aliphatic rings. The van der Waals surface area contributed by atoms with Crippen molar-refractivity contribution in [2.75, 3.05) is 6.61 Å². The molecule has 148 valence electrons. The highest BCUT2D eigenvalue weighted by atomic mass is 16.5. The van der Waals surface area contributed by atoms with Crippen molar-refractivity contribution in [2.45, 2.75) is 37.9 Å². The van der Waals surface area contributed by atoms with Crippen molar-refractivity contribution in [3.05, 3.63) is 77.4 Å². The summed E-state index contributed by atoms with van der Waals surface area (Å²) in [5, 5.41) is 10.4. The highest BCUT2D eigenvalue weighted by Gasteiger charge is 2.43. The molecule has 5 rings (SSSR count). The molecule has 0 saturated carbocycles. The molecule has 3 aliphatic heterocycles. The molecule has 4 nitrogen and oxygen atoms in total. The van der Waals surface area contributed by atoms with Gasteiger partial charge in [0, 0.05) is 23.6 Å². The normalized spacial score (nSPS) is 22.1. The molecule has 29 heavy (non-hydrogen) atoms. The lowest BCUT2D eigenvalue weighted by Crippen LogP contribution is -2.27. The van der Waals surface area contributed by atoms with E-state index < -0.39 is 0 Å². The molecule has 4 heteroatoms. The fourth-order valence-electron chi connectivity index (χ4n) is 4.32. The van der Waals surface area contributed by atoms with Crippen LogP contribution in [0.1, 0.15) is 48.1 Å². The first kappa shape index (κ1) is 17.9. The van der Waals surface area contributed by atoms with Gasteiger partial charge in [-0.2, -0.15) is 0 Å². The molecule has 1 N–H and O–H groups in total. The molecule has 3 heterocycles. The van der Waals surface area contributed by atoms with Crippen LogP contribution in [-0.4, -0.2) is 17.3 Å². The molecule has 2 unspecified atom stereocenters. The molecule has 0 aliphatic carbocycles. The summed E-state index contributed by atoms with van der Waals surface area (Å²) >= 11 is 0.